The van der Waals surface area contributed by atoms with Gasteiger partial charge in [0.05, 0.1) is 0 Å². The van der Waals surface area contributed by atoms with Crippen LogP contribution in [0.25, 0.3) is 5.57 Å². The molecule has 0 amide bonds. The molecule has 2 N–H and O–H groups in total. The number of rotatable bonds is 9. The molecule has 2 aromatic carbocycles. The van der Waals surface area contributed by atoms with Crippen molar-refractivity contribution in [3.8, 4) is 11.5 Å². The first-order chi connectivity index (χ1) is 19.1. The van der Waals surface area contributed by atoms with E-state index in [1.807, 2.05) is 24.3 Å². The number of aldehydes is 1. The zero-order valence-electron chi connectivity index (χ0n) is 23.3. The molecule has 2 atom stereocenters. The molecule has 5 rings (SSSR count). The fourth-order valence-corrected chi connectivity index (χ4v) is 6.60. The van der Waals surface area contributed by atoms with Crippen LogP contribution in [0.1, 0.15) is 50.2 Å². The normalized spacial score (nSPS) is 20.0. The van der Waals surface area contributed by atoms with Gasteiger partial charge in [-0.25, -0.2) is 5.26 Å². The summed E-state index contributed by atoms with van der Waals surface area (Å²) in [5.41, 5.74) is 5.04. The van der Waals surface area contributed by atoms with Crippen LogP contribution in [0.4, 0.5) is 0 Å². The van der Waals surface area contributed by atoms with Gasteiger partial charge in [-0.2, -0.15) is 0 Å². The zero-order chi connectivity index (χ0) is 27.5. The second-order valence-corrected chi connectivity index (χ2v) is 11.5. The molecule has 2 heterocycles. The number of benzene rings is 2. The highest BCUT2D eigenvalue weighted by molar-refractivity contribution is 6.76. The average molecular weight is 524 g/mol. The van der Waals surface area contributed by atoms with Gasteiger partial charge in [0.2, 0.25) is 0 Å². The molecular formula is C33H42B2O4. The molecular weight excluding hydrogens is 482 g/mol. The third-order valence-corrected chi connectivity index (χ3v) is 8.69. The summed E-state index contributed by atoms with van der Waals surface area (Å²) < 4.78 is 0. The van der Waals surface area contributed by atoms with E-state index in [9.17, 15) is 15.2 Å². The third kappa shape index (κ3) is 8.50. The molecule has 0 spiro atoms. The molecule has 1 saturated heterocycles. The van der Waals surface area contributed by atoms with Crippen LogP contribution in [0.2, 0.25) is 31.6 Å². The van der Waals surface area contributed by atoms with Gasteiger partial charge in [0, 0.05) is 6.42 Å². The summed E-state index contributed by atoms with van der Waals surface area (Å²) in [6.45, 7) is 3.40. The zero-order valence-corrected chi connectivity index (χ0v) is 23.3. The van der Waals surface area contributed by atoms with E-state index in [0.717, 1.165) is 44.4 Å². The first kappa shape index (κ1) is 29.0. The van der Waals surface area contributed by atoms with Gasteiger partial charge in [0.1, 0.15) is 18.7 Å². The molecule has 204 valence electrons. The van der Waals surface area contributed by atoms with Crippen LogP contribution >= 0.6 is 0 Å². The summed E-state index contributed by atoms with van der Waals surface area (Å²) in [7, 11) is 0. The Morgan fingerprint density at radius 2 is 1.95 bits per heavy atom. The number of hydrogen-bond donors (Lipinski definition) is 2. The van der Waals surface area contributed by atoms with Gasteiger partial charge in [-0.1, -0.05) is 106 Å². The number of allylic oxidation sites excluding steroid dienone is 6. The van der Waals surface area contributed by atoms with Gasteiger partial charge in [-0.3, -0.25) is 0 Å². The van der Waals surface area contributed by atoms with E-state index in [2.05, 4.69) is 43.4 Å². The molecule has 2 aromatic rings. The lowest BCUT2D eigenvalue weighted by Crippen LogP contribution is -2.36. The maximum absolute atomic E-state index is 10.0. The lowest BCUT2D eigenvalue weighted by molar-refractivity contribution is -0.136. The maximum atomic E-state index is 10.0. The lowest BCUT2D eigenvalue weighted by Gasteiger charge is -2.28. The molecule has 0 saturated carbocycles. The number of phenols is 1. The predicted molar refractivity (Wildman–Crippen MR) is 165 cm³/mol. The van der Waals surface area contributed by atoms with Crippen LogP contribution < -0.4 is 10.4 Å². The fourth-order valence-electron chi connectivity index (χ4n) is 6.60. The maximum Gasteiger partial charge on any atom is 0.185 e. The molecule has 39 heavy (non-hydrogen) atoms. The highest BCUT2D eigenvalue weighted by Crippen LogP contribution is 2.32. The van der Waals surface area contributed by atoms with E-state index in [1.165, 1.54) is 60.4 Å². The van der Waals surface area contributed by atoms with Gasteiger partial charge in [0.15, 0.2) is 12.5 Å². The molecule has 0 bridgehead atoms. The van der Waals surface area contributed by atoms with Crippen molar-refractivity contribution in [3.63, 3.8) is 0 Å². The van der Waals surface area contributed by atoms with Crippen LogP contribution in [-0.4, -0.2) is 30.1 Å². The van der Waals surface area contributed by atoms with Crippen LogP contribution in [0.5, 0.6) is 11.5 Å². The summed E-state index contributed by atoms with van der Waals surface area (Å²) in [4.78, 5) is 14.7. The standard InChI is InChI=1S/C25H32B2O3.C8H10O/c1-19-12-16-27(25-23(19)6-2-7-24(25)30-29)15-4-14-26-13-3-5-21(18-26)17-20-8-10-22(28)11-9-20;9-7-6-8-4-2-1-3-5-8/h2,6-12,21,28-29H,3-5,13-18H2,1H3;1-4,7-8H,5-6H2. The number of aromatic hydroxyl groups is 1. The Morgan fingerprint density at radius 3 is 2.69 bits per heavy atom. The van der Waals surface area contributed by atoms with Crippen molar-refractivity contribution >= 4 is 30.7 Å². The number of fused-ring (bicyclic) bond motifs is 1. The average Bonchev–Trinajstić information content (AvgIpc) is 2.97. The Balaban J connectivity index is 0.000000333. The fraction of sp³-hybridized carbons (Fsp3) is 0.424. The van der Waals surface area contributed by atoms with Crippen LogP contribution in [-0.2, 0) is 11.2 Å². The molecule has 0 radical (unpaired) electrons. The van der Waals surface area contributed by atoms with Crippen LogP contribution in [0.3, 0.4) is 0 Å². The van der Waals surface area contributed by atoms with Gasteiger partial charge in [-0.15, -0.1) is 0 Å². The Morgan fingerprint density at radius 1 is 1.10 bits per heavy atom. The molecule has 6 heteroatoms. The van der Waals surface area contributed by atoms with Crippen molar-refractivity contribution in [1.29, 1.82) is 0 Å². The Bertz CT molecular complexity index is 1150. The topological polar surface area (TPSA) is 66.8 Å². The number of carbonyl (C=O) groups is 1. The number of phenolic OH excluding ortho intramolecular Hbond substituents is 1. The second kappa shape index (κ2) is 15.0. The van der Waals surface area contributed by atoms with Crippen molar-refractivity contribution in [2.75, 3.05) is 0 Å². The first-order valence-corrected chi connectivity index (χ1v) is 14.7. The first-order valence-electron chi connectivity index (χ1n) is 14.7. The van der Waals surface area contributed by atoms with Crippen molar-refractivity contribution in [2.45, 2.75) is 77.0 Å². The highest BCUT2D eigenvalue weighted by atomic mass is 17.1. The highest BCUT2D eigenvalue weighted by Gasteiger charge is 2.29. The van der Waals surface area contributed by atoms with Crippen LogP contribution in [0.15, 0.2) is 72.8 Å². The number of carbonyl (C=O) groups excluding carboxylic acids is 1. The van der Waals surface area contributed by atoms with Crippen molar-refractivity contribution in [1.82, 2.24) is 0 Å². The quantitative estimate of drug-likeness (QED) is 0.153. The second-order valence-electron chi connectivity index (χ2n) is 11.5. The van der Waals surface area contributed by atoms with E-state index in [4.69, 9.17) is 4.89 Å². The van der Waals surface area contributed by atoms with E-state index < -0.39 is 0 Å². The molecule has 2 unspecified atom stereocenters. The summed E-state index contributed by atoms with van der Waals surface area (Å²) >= 11 is 0. The van der Waals surface area contributed by atoms with Gasteiger partial charge >= 0.3 is 0 Å². The smallest absolute Gasteiger partial charge is 0.185 e. The number of hydrogen-bond acceptors (Lipinski definition) is 4. The van der Waals surface area contributed by atoms with E-state index in [0.29, 0.717) is 30.6 Å². The van der Waals surface area contributed by atoms with Crippen molar-refractivity contribution in [3.05, 3.63) is 84.0 Å². The van der Waals surface area contributed by atoms with Crippen LogP contribution in [0, 0.1) is 11.8 Å². The minimum Gasteiger partial charge on any atom is -0.508 e. The van der Waals surface area contributed by atoms with E-state index >= 15 is 0 Å². The van der Waals surface area contributed by atoms with Crippen molar-refractivity contribution in [2.24, 2.45) is 11.8 Å². The largest absolute Gasteiger partial charge is 0.508 e. The molecule has 3 aliphatic rings. The summed E-state index contributed by atoms with van der Waals surface area (Å²) in [6.07, 6.45) is 24.4. The third-order valence-electron chi connectivity index (χ3n) is 8.69. The minimum absolute atomic E-state index is 0.351. The summed E-state index contributed by atoms with van der Waals surface area (Å²) in [5, 5.41) is 18.9. The summed E-state index contributed by atoms with van der Waals surface area (Å²) in [6, 6.07) is 13.7. The Labute approximate surface area is 235 Å². The van der Waals surface area contributed by atoms with Gasteiger partial charge in [-0.05, 0) is 72.0 Å². The van der Waals surface area contributed by atoms with Gasteiger partial charge in [0.25, 0.3) is 0 Å². The Kier molecular flexibility index (Phi) is 11.1. The summed E-state index contributed by atoms with van der Waals surface area (Å²) in [5.74, 6) is 2.21. The molecule has 2 aliphatic heterocycles. The predicted octanol–water partition coefficient (Wildman–Crippen LogP) is 7.61. The minimum atomic E-state index is 0.351. The SMILES string of the molecule is CC1=CCB(CCCB2CCCC(Cc3ccc(O)cc3)C2)c2c(OO)cccc21.O=CCC1C=CC=CC1. The monoisotopic (exact) mass is 524 g/mol. The molecule has 1 fully saturated rings. The van der Waals surface area contributed by atoms with Crippen molar-refractivity contribution < 1.29 is 20.0 Å². The Hall–Kier alpha value is -2.98. The van der Waals surface area contributed by atoms with Gasteiger partial charge < -0.3 is 14.8 Å². The van der Waals surface area contributed by atoms with E-state index in [1.54, 1.807) is 12.1 Å². The molecule has 4 nitrogen and oxygen atoms in total. The van der Waals surface area contributed by atoms with E-state index in [-0.39, 0.29) is 0 Å². The lowest BCUT2D eigenvalue weighted by atomic mass is 9.33. The molecule has 1 aliphatic carbocycles. The molecule has 0 aromatic heterocycles.